The maximum atomic E-state index is 12.5. The van der Waals surface area contributed by atoms with Crippen LogP contribution in [0.5, 0.6) is 0 Å². The highest BCUT2D eigenvalue weighted by atomic mass is 79.9. The van der Waals surface area contributed by atoms with Crippen LogP contribution in [0.1, 0.15) is 36.2 Å². The fourth-order valence-electron chi connectivity index (χ4n) is 2.94. The van der Waals surface area contributed by atoms with Gasteiger partial charge < -0.3 is 15.4 Å². The van der Waals surface area contributed by atoms with Gasteiger partial charge in [-0.3, -0.25) is 4.79 Å². The molecule has 0 unspecified atom stereocenters. The Morgan fingerprint density at radius 3 is 2.70 bits per heavy atom. The summed E-state index contributed by atoms with van der Waals surface area (Å²) in [6, 6.07) is 7.77. The summed E-state index contributed by atoms with van der Waals surface area (Å²) in [5, 5.41) is 13.6. The van der Waals surface area contributed by atoms with Crippen LogP contribution in [-0.4, -0.2) is 28.1 Å². The van der Waals surface area contributed by atoms with Crippen LogP contribution >= 0.6 is 15.9 Å². The van der Waals surface area contributed by atoms with Gasteiger partial charge in [-0.1, -0.05) is 31.0 Å². The highest BCUT2D eigenvalue weighted by Gasteiger charge is 2.35. The lowest BCUT2D eigenvalue weighted by Crippen LogP contribution is -2.49. The van der Waals surface area contributed by atoms with Crippen molar-refractivity contribution < 1.29 is 9.90 Å². The maximum Gasteiger partial charge on any atom is 0.269 e. The van der Waals surface area contributed by atoms with E-state index in [4.69, 9.17) is 0 Å². The Morgan fingerprint density at radius 2 is 2.05 bits per heavy atom. The molecule has 1 heterocycles. The van der Waals surface area contributed by atoms with Crippen molar-refractivity contribution in [2.24, 2.45) is 0 Å². The summed E-state index contributed by atoms with van der Waals surface area (Å²) in [7, 11) is 0. The van der Waals surface area contributed by atoms with Crippen molar-refractivity contribution in [3.63, 3.8) is 0 Å². The van der Waals surface area contributed by atoms with Gasteiger partial charge in [-0.25, -0.2) is 0 Å². The minimum atomic E-state index is -0.451. The molecule has 0 bridgehead atoms. The lowest BCUT2D eigenvalue weighted by molar-refractivity contribution is 0.0833. The summed E-state index contributed by atoms with van der Waals surface area (Å²) in [6.07, 6.45) is 3.78. The number of hydrogen-bond donors (Lipinski definition) is 3. The van der Waals surface area contributed by atoms with Crippen LogP contribution in [0, 0.1) is 0 Å². The van der Waals surface area contributed by atoms with Gasteiger partial charge in [0.25, 0.3) is 5.91 Å². The van der Waals surface area contributed by atoms with Crippen LogP contribution in [0.2, 0.25) is 0 Å². The zero-order chi connectivity index (χ0) is 14.2. The third-order valence-electron chi connectivity index (χ3n) is 4.11. The molecule has 4 nitrogen and oxygen atoms in total. The average Bonchev–Trinajstić information content (AvgIpc) is 3.05. The number of aromatic amines is 1. The Morgan fingerprint density at radius 1 is 1.35 bits per heavy atom. The number of amides is 1. The van der Waals surface area contributed by atoms with Crippen LogP contribution in [0.15, 0.2) is 28.7 Å². The standard InChI is InChI=1S/C15H17BrN2O2/c16-12-10-5-1-2-6-11(10)17-13(12)14(20)18-15(9-19)7-3-4-8-15/h1-2,5-6,17,19H,3-4,7-9H2,(H,18,20). The number of halogens is 1. The highest BCUT2D eigenvalue weighted by molar-refractivity contribution is 9.10. The number of aliphatic hydroxyl groups is 1. The Kier molecular flexibility index (Phi) is 3.56. The molecule has 0 atom stereocenters. The van der Waals surface area contributed by atoms with Gasteiger partial charge in [-0.05, 0) is 34.8 Å². The summed E-state index contributed by atoms with van der Waals surface area (Å²) >= 11 is 3.49. The van der Waals surface area contributed by atoms with Gasteiger partial charge in [-0.15, -0.1) is 0 Å². The molecule has 0 spiro atoms. The van der Waals surface area contributed by atoms with Gasteiger partial charge in [0.1, 0.15) is 5.69 Å². The molecule has 1 aliphatic carbocycles. The molecule has 1 saturated carbocycles. The third-order valence-corrected chi connectivity index (χ3v) is 4.94. The molecule has 1 aromatic heterocycles. The number of rotatable bonds is 3. The fourth-order valence-corrected chi connectivity index (χ4v) is 3.57. The lowest BCUT2D eigenvalue weighted by atomic mass is 9.99. The van der Waals surface area contributed by atoms with Crippen molar-refractivity contribution in [2.45, 2.75) is 31.2 Å². The summed E-state index contributed by atoms with van der Waals surface area (Å²) < 4.78 is 0.775. The Hall–Kier alpha value is -1.33. The van der Waals surface area contributed by atoms with Crippen molar-refractivity contribution in [2.75, 3.05) is 6.61 Å². The predicted octanol–water partition coefficient (Wildman–Crippen LogP) is 2.97. The number of carbonyl (C=O) groups excluding carboxylic acids is 1. The van der Waals surface area contributed by atoms with Crippen molar-refractivity contribution in [1.29, 1.82) is 0 Å². The predicted molar refractivity (Wildman–Crippen MR) is 81.7 cm³/mol. The molecule has 1 aromatic carbocycles. The van der Waals surface area contributed by atoms with E-state index in [1.165, 1.54) is 0 Å². The normalized spacial score (nSPS) is 17.5. The number of para-hydroxylation sites is 1. The van der Waals surface area contributed by atoms with Crippen molar-refractivity contribution in [3.05, 3.63) is 34.4 Å². The van der Waals surface area contributed by atoms with E-state index < -0.39 is 5.54 Å². The number of H-pyrrole nitrogens is 1. The topological polar surface area (TPSA) is 65.1 Å². The van der Waals surface area contributed by atoms with E-state index in [0.29, 0.717) is 5.69 Å². The Bertz CT molecular complexity index is 644. The zero-order valence-corrected chi connectivity index (χ0v) is 12.7. The molecule has 1 aliphatic rings. The second-order valence-corrected chi connectivity index (χ2v) is 6.25. The summed E-state index contributed by atoms with van der Waals surface area (Å²) in [6.45, 7) is -0.00339. The van der Waals surface area contributed by atoms with Gasteiger partial charge in [0.15, 0.2) is 0 Å². The second-order valence-electron chi connectivity index (χ2n) is 5.46. The summed E-state index contributed by atoms with van der Waals surface area (Å²) in [5.74, 6) is -0.163. The molecule has 0 saturated heterocycles. The first-order valence-electron chi connectivity index (χ1n) is 6.85. The first-order valence-corrected chi connectivity index (χ1v) is 7.64. The van der Waals surface area contributed by atoms with E-state index in [2.05, 4.69) is 26.2 Å². The number of nitrogens with one attached hydrogen (secondary N) is 2. The van der Waals surface area contributed by atoms with Crippen LogP contribution < -0.4 is 5.32 Å². The van der Waals surface area contributed by atoms with Gasteiger partial charge in [0.05, 0.1) is 16.6 Å². The molecule has 106 valence electrons. The zero-order valence-electron chi connectivity index (χ0n) is 11.1. The maximum absolute atomic E-state index is 12.5. The van der Waals surface area contributed by atoms with Gasteiger partial charge in [0.2, 0.25) is 0 Å². The molecular formula is C15H17BrN2O2. The molecule has 0 aliphatic heterocycles. The third kappa shape index (κ3) is 2.25. The minimum absolute atomic E-state index is 0.00339. The molecule has 5 heteroatoms. The first kappa shape index (κ1) is 13.6. The summed E-state index contributed by atoms with van der Waals surface area (Å²) in [5.41, 5.74) is 0.994. The number of benzene rings is 1. The molecule has 1 fully saturated rings. The Balaban J connectivity index is 1.91. The van der Waals surface area contributed by atoms with Gasteiger partial charge in [-0.2, -0.15) is 0 Å². The fraction of sp³-hybridized carbons (Fsp3) is 0.400. The van der Waals surface area contributed by atoms with Crippen LogP contribution in [0.25, 0.3) is 10.9 Å². The molecule has 20 heavy (non-hydrogen) atoms. The van der Waals surface area contributed by atoms with E-state index in [1.807, 2.05) is 24.3 Å². The van der Waals surface area contributed by atoms with Crippen LogP contribution in [-0.2, 0) is 0 Å². The van der Waals surface area contributed by atoms with Crippen molar-refractivity contribution in [1.82, 2.24) is 10.3 Å². The van der Waals surface area contributed by atoms with Crippen molar-refractivity contribution >= 4 is 32.7 Å². The smallest absolute Gasteiger partial charge is 0.269 e. The molecule has 0 radical (unpaired) electrons. The van der Waals surface area contributed by atoms with Crippen molar-refractivity contribution in [3.8, 4) is 0 Å². The van der Waals surface area contributed by atoms with E-state index in [9.17, 15) is 9.90 Å². The number of aromatic nitrogens is 1. The van der Waals surface area contributed by atoms with E-state index in [1.54, 1.807) is 0 Å². The number of carbonyl (C=O) groups is 1. The van der Waals surface area contributed by atoms with E-state index in [0.717, 1.165) is 41.1 Å². The molecule has 3 rings (SSSR count). The molecule has 2 aromatic rings. The molecule has 1 amide bonds. The van der Waals surface area contributed by atoms with Crippen LogP contribution in [0.3, 0.4) is 0 Å². The lowest BCUT2D eigenvalue weighted by Gasteiger charge is -2.27. The van der Waals surface area contributed by atoms with Gasteiger partial charge in [0, 0.05) is 10.9 Å². The highest BCUT2D eigenvalue weighted by Crippen LogP contribution is 2.31. The quantitative estimate of drug-likeness (QED) is 0.806. The molecular weight excluding hydrogens is 320 g/mol. The monoisotopic (exact) mass is 336 g/mol. The number of hydrogen-bond acceptors (Lipinski definition) is 2. The first-order chi connectivity index (χ1) is 9.65. The van der Waals surface area contributed by atoms with Crippen LogP contribution in [0.4, 0.5) is 0 Å². The Labute approximate surface area is 125 Å². The largest absolute Gasteiger partial charge is 0.394 e. The minimum Gasteiger partial charge on any atom is -0.394 e. The SMILES string of the molecule is O=C(NC1(CO)CCCC1)c1[nH]c2ccccc2c1Br. The second kappa shape index (κ2) is 5.22. The van der Waals surface area contributed by atoms with Gasteiger partial charge >= 0.3 is 0 Å². The van der Waals surface area contributed by atoms with E-state index >= 15 is 0 Å². The number of aliphatic hydroxyl groups excluding tert-OH is 1. The number of fused-ring (bicyclic) bond motifs is 1. The average molecular weight is 337 g/mol. The molecule has 3 N–H and O–H groups in total. The van der Waals surface area contributed by atoms with E-state index in [-0.39, 0.29) is 12.5 Å². The summed E-state index contributed by atoms with van der Waals surface area (Å²) in [4.78, 5) is 15.6.